The van der Waals surface area contributed by atoms with Crippen molar-refractivity contribution in [1.82, 2.24) is 10.2 Å². The Balaban J connectivity index is 2.06. The summed E-state index contributed by atoms with van der Waals surface area (Å²) in [6.07, 6.45) is 1.25. The predicted octanol–water partition coefficient (Wildman–Crippen LogP) is 1.88. The molecule has 1 fully saturated rings. The van der Waals surface area contributed by atoms with Crippen molar-refractivity contribution in [2.24, 2.45) is 0 Å². The molecule has 2 rings (SSSR count). The normalized spacial score (nSPS) is 19.8. The first kappa shape index (κ1) is 12.4. The SMILES string of the molecule is CCN(Cc1ccccc1OC)C1CCNC1. The van der Waals surface area contributed by atoms with Crippen molar-refractivity contribution < 1.29 is 4.74 Å². The summed E-state index contributed by atoms with van der Waals surface area (Å²) in [6, 6.07) is 8.97. The zero-order chi connectivity index (χ0) is 12.1. The first-order chi connectivity index (χ1) is 8.35. The zero-order valence-corrected chi connectivity index (χ0v) is 10.8. The van der Waals surface area contributed by atoms with Gasteiger partial charge in [0.25, 0.3) is 0 Å². The third-order valence-electron chi connectivity index (χ3n) is 3.52. The Morgan fingerprint density at radius 3 is 2.88 bits per heavy atom. The highest BCUT2D eigenvalue weighted by atomic mass is 16.5. The third kappa shape index (κ3) is 2.99. The number of ether oxygens (including phenoxy) is 1. The fourth-order valence-corrected chi connectivity index (χ4v) is 2.50. The van der Waals surface area contributed by atoms with Crippen LogP contribution in [-0.4, -0.2) is 37.7 Å². The Morgan fingerprint density at radius 1 is 1.41 bits per heavy atom. The molecule has 0 saturated carbocycles. The van der Waals surface area contributed by atoms with E-state index >= 15 is 0 Å². The van der Waals surface area contributed by atoms with Crippen molar-refractivity contribution in [2.75, 3.05) is 26.7 Å². The minimum Gasteiger partial charge on any atom is -0.496 e. The number of rotatable bonds is 5. The molecule has 1 unspecified atom stereocenters. The number of benzene rings is 1. The Labute approximate surface area is 104 Å². The van der Waals surface area contributed by atoms with E-state index in [0.29, 0.717) is 6.04 Å². The van der Waals surface area contributed by atoms with Crippen LogP contribution in [-0.2, 0) is 6.54 Å². The van der Waals surface area contributed by atoms with Crippen molar-refractivity contribution in [3.8, 4) is 5.75 Å². The Kier molecular flexibility index (Phi) is 4.40. The summed E-state index contributed by atoms with van der Waals surface area (Å²) in [6.45, 7) is 6.56. The highest BCUT2D eigenvalue weighted by molar-refractivity contribution is 5.33. The Hall–Kier alpha value is -1.06. The average Bonchev–Trinajstić information content (AvgIpc) is 2.90. The van der Waals surface area contributed by atoms with Gasteiger partial charge < -0.3 is 10.1 Å². The zero-order valence-electron chi connectivity index (χ0n) is 10.8. The average molecular weight is 234 g/mol. The molecular weight excluding hydrogens is 212 g/mol. The molecule has 1 aliphatic heterocycles. The van der Waals surface area contributed by atoms with Crippen LogP contribution in [0.5, 0.6) is 5.75 Å². The van der Waals surface area contributed by atoms with Crippen LogP contribution in [0.1, 0.15) is 18.9 Å². The fraction of sp³-hybridized carbons (Fsp3) is 0.571. The van der Waals surface area contributed by atoms with Gasteiger partial charge in [-0.25, -0.2) is 0 Å². The smallest absolute Gasteiger partial charge is 0.123 e. The van der Waals surface area contributed by atoms with Crippen LogP contribution in [0.25, 0.3) is 0 Å². The van der Waals surface area contributed by atoms with Crippen LogP contribution in [0.3, 0.4) is 0 Å². The largest absolute Gasteiger partial charge is 0.496 e. The first-order valence-corrected chi connectivity index (χ1v) is 6.41. The highest BCUT2D eigenvalue weighted by Gasteiger charge is 2.21. The van der Waals surface area contributed by atoms with E-state index in [-0.39, 0.29) is 0 Å². The topological polar surface area (TPSA) is 24.5 Å². The van der Waals surface area contributed by atoms with Crippen LogP contribution in [0.2, 0.25) is 0 Å². The van der Waals surface area contributed by atoms with E-state index in [1.54, 1.807) is 7.11 Å². The summed E-state index contributed by atoms with van der Waals surface area (Å²) in [4.78, 5) is 2.53. The molecule has 3 heteroatoms. The van der Waals surface area contributed by atoms with Crippen molar-refractivity contribution in [2.45, 2.75) is 25.9 Å². The third-order valence-corrected chi connectivity index (χ3v) is 3.52. The van der Waals surface area contributed by atoms with Gasteiger partial charge >= 0.3 is 0 Å². The second-order valence-electron chi connectivity index (χ2n) is 4.52. The van der Waals surface area contributed by atoms with E-state index in [2.05, 4.69) is 29.3 Å². The van der Waals surface area contributed by atoms with Gasteiger partial charge in [0.15, 0.2) is 0 Å². The molecule has 0 spiro atoms. The number of likely N-dealkylation sites (N-methyl/N-ethyl adjacent to an activating group) is 1. The lowest BCUT2D eigenvalue weighted by Gasteiger charge is -2.27. The molecule has 0 radical (unpaired) electrons. The molecule has 1 aliphatic rings. The molecule has 1 aromatic carbocycles. The summed E-state index contributed by atoms with van der Waals surface area (Å²) >= 11 is 0. The number of hydrogen-bond donors (Lipinski definition) is 1. The van der Waals surface area contributed by atoms with Gasteiger partial charge in [-0.15, -0.1) is 0 Å². The molecule has 1 saturated heterocycles. The van der Waals surface area contributed by atoms with E-state index in [9.17, 15) is 0 Å². The minimum absolute atomic E-state index is 0.671. The maximum atomic E-state index is 5.41. The first-order valence-electron chi connectivity index (χ1n) is 6.41. The maximum Gasteiger partial charge on any atom is 0.123 e. The Bertz CT molecular complexity index is 348. The highest BCUT2D eigenvalue weighted by Crippen LogP contribution is 2.21. The van der Waals surface area contributed by atoms with Gasteiger partial charge in [0.2, 0.25) is 0 Å². The maximum absolute atomic E-state index is 5.41. The lowest BCUT2D eigenvalue weighted by atomic mass is 10.1. The van der Waals surface area contributed by atoms with Gasteiger partial charge in [-0.05, 0) is 25.6 Å². The van der Waals surface area contributed by atoms with E-state index in [4.69, 9.17) is 4.74 Å². The molecule has 0 amide bonds. The second kappa shape index (κ2) is 6.03. The van der Waals surface area contributed by atoms with Crippen molar-refractivity contribution >= 4 is 0 Å². The summed E-state index contributed by atoms with van der Waals surface area (Å²) in [5.74, 6) is 0.997. The molecule has 1 N–H and O–H groups in total. The standard InChI is InChI=1S/C14H22N2O/c1-3-16(13-8-9-15-10-13)11-12-6-4-5-7-14(12)17-2/h4-7,13,15H,3,8-11H2,1-2H3. The van der Waals surface area contributed by atoms with Gasteiger partial charge in [-0.3, -0.25) is 4.90 Å². The van der Waals surface area contributed by atoms with Crippen molar-refractivity contribution in [3.05, 3.63) is 29.8 Å². The summed E-state index contributed by atoms with van der Waals surface area (Å²) in [7, 11) is 1.74. The van der Waals surface area contributed by atoms with Gasteiger partial charge in [0.05, 0.1) is 7.11 Å². The minimum atomic E-state index is 0.671. The molecule has 17 heavy (non-hydrogen) atoms. The number of para-hydroxylation sites is 1. The Morgan fingerprint density at radius 2 is 2.24 bits per heavy atom. The summed E-state index contributed by atoms with van der Waals surface area (Å²) in [5, 5.41) is 3.43. The lowest BCUT2D eigenvalue weighted by molar-refractivity contribution is 0.207. The monoisotopic (exact) mass is 234 g/mol. The molecule has 0 aliphatic carbocycles. The van der Waals surface area contributed by atoms with Crippen LogP contribution in [0, 0.1) is 0 Å². The van der Waals surface area contributed by atoms with Gasteiger partial charge in [-0.1, -0.05) is 25.1 Å². The molecule has 1 aromatic rings. The molecule has 94 valence electrons. The predicted molar refractivity (Wildman–Crippen MR) is 70.4 cm³/mol. The van der Waals surface area contributed by atoms with E-state index in [1.165, 1.54) is 12.0 Å². The van der Waals surface area contributed by atoms with E-state index < -0.39 is 0 Å². The number of hydrogen-bond acceptors (Lipinski definition) is 3. The van der Waals surface area contributed by atoms with E-state index in [1.807, 2.05) is 12.1 Å². The van der Waals surface area contributed by atoms with Gasteiger partial charge in [0, 0.05) is 24.7 Å². The molecular formula is C14H22N2O. The second-order valence-corrected chi connectivity index (χ2v) is 4.52. The molecule has 1 atom stereocenters. The molecule has 1 heterocycles. The lowest BCUT2D eigenvalue weighted by Crippen LogP contribution is -2.36. The molecule has 0 aromatic heterocycles. The van der Waals surface area contributed by atoms with Gasteiger partial charge in [-0.2, -0.15) is 0 Å². The molecule has 0 bridgehead atoms. The van der Waals surface area contributed by atoms with E-state index in [0.717, 1.165) is 31.9 Å². The van der Waals surface area contributed by atoms with Crippen molar-refractivity contribution in [3.63, 3.8) is 0 Å². The van der Waals surface area contributed by atoms with Crippen LogP contribution in [0.15, 0.2) is 24.3 Å². The summed E-state index contributed by atoms with van der Waals surface area (Å²) < 4.78 is 5.41. The van der Waals surface area contributed by atoms with Crippen molar-refractivity contribution in [1.29, 1.82) is 0 Å². The fourth-order valence-electron chi connectivity index (χ4n) is 2.50. The molecule has 3 nitrogen and oxygen atoms in total. The number of methoxy groups -OCH3 is 1. The van der Waals surface area contributed by atoms with Gasteiger partial charge in [0.1, 0.15) is 5.75 Å². The quantitative estimate of drug-likeness (QED) is 0.842. The summed E-state index contributed by atoms with van der Waals surface area (Å²) in [5.41, 5.74) is 1.28. The number of nitrogens with zero attached hydrogens (tertiary/aromatic N) is 1. The van der Waals surface area contributed by atoms with Crippen LogP contribution in [0.4, 0.5) is 0 Å². The van der Waals surface area contributed by atoms with Crippen LogP contribution >= 0.6 is 0 Å². The number of nitrogens with one attached hydrogen (secondary N) is 1. The van der Waals surface area contributed by atoms with Crippen LogP contribution < -0.4 is 10.1 Å².